The van der Waals surface area contributed by atoms with Gasteiger partial charge in [-0.1, -0.05) is 17.3 Å². The molecule has 0 amide bonds. The van der Waals surface area contributed by atoms with E-state index in [9.17, 15) is 18.0 Å². The highest BCUT2D eigenvalue weighted by Crippen LogP contribution is 2.29. The molecule has 0 N–H and O–H groups in total. The molecule has 0 aliphatic rings. The summed E-state index contributed by atoms with van der Waals surface area (Å²) in [6.45, 7) is 3.63. The second-order valence-electron chi connectivity index (χ2n) is 5.76. The van der Waals surface area contributed by atoms with Gasteiger partial charge in [0, 0.05) is 0 Å². The van der Waals surface area contributed by atoms with Crippen LogP contribution in [0.4, 0.5) is 13.2 Å². The molecule has 2 aromatic carbocycles. The minimum atomic E-state index is -4.36. The van der Waals surface area contributed by atoms with Crippen LogP contribution in [0.3, 0.4) is 0 Å². The molecule has 8 heteroatoms. The van der Waals surface area contributed by atoms with Crippen LogP contribution in [0.5, 0.6) is 5.75 Å². The molecule has 0 heterocycles. The lowest BCUT2D eigenvalue weighted by Crippen LogP contribution is -2.14. The van der Waals surface area contributed by atoms with Crippen molar-refractivity contribution in [1.82, 2.24) is 0 Å². The number of hydrogen-bond donors (Lipinski definition) is 0. The van der Waals surface area contributed by atoms with Crippen molar-refractivity contribution >= 4 is 11.7 Å². The molecule has 0 saturated carbocycles. The maximum Gasteiger partial charge on any atom is 0.416 e. The van der Waals surface area contributed by atoms with Crippen LogP contribution >= 0.6 is 0 Å². The molecule has 2 aromatic rings. The van der Waals surface area contributed by atoms with E-state index in [-0.39, 0.29) is 13.2 Å². The van der Waals surface area contributed by atoms with Crippen molar-refractivity contribution in [3.8, 4) is 5.75 Å². The Balaban J connectivity index is 1.86. The van der Waals surface area contributed by atoms with Gasteiger partial charge in [0.1, 0.15) is 12.4 Å². The number of rotatable bonds is 8. The summed E-state index contributed by atoms with van der Waals surface area (Å²) in [6.07, 6.45) is -4.36. The summed E-state index contributed by atoms with van der Waals surface area (Å²) >= 11 is 0. The van der Waals surface area contributed by atoms with Crippen molar-refractivity contribution in [3.05, 3.63) is 65.2 Å². The summed E-state index contributed by atoms with van der Waals surface area (Å²) in [5.74, 6) is 0.0660. The van der Waals surface area contributed by atoms with Gasteiger partial charge < -0.3 is 14.3 Å². The largest absolute Gasteiger partial charge is 0.482 e. The fourth-order valence-corrected chi connectivity index (χ4v) is 2.18. The van der Waals surface area contributed by atoms with Crippen LogP contribution in [0, 0.1) is 0 Å². The first-order valence-electron chi connectivity index (χ1n) is 8.51. The van der Waals surface area contributed by atoms with E-state index in [1.54, 1.807) is 38.1 Å². The second-order valence-corrected chi connectivity index (χ2v) is 5.76. The number of halogens is 3. The van der Waals surface area contributed by atoms with Crippen molar-refractivity contribution in [2.45, 2.75) is 26.6 Å². The summed E-state index contributed by atoms with van der Waals surface area (Å²) in [7, 11) is 0. The Hall–Kier alpha value is -3.03. The van der Waals surface area contributed by atoms with E-state index in [0.29, 0.717) is 23.6 Å². The smallest absolute Gasteiger partial charge is 0.416 e. The van der Waals surface area contributed by atoms with Gasteiger partial charge in [0.25, 0.3) is 0 Å². The Morgan fingerprint density at radius 1 is 1.04 bits per heavy atom. The monoisotopic (exact) mass is 395 g/mol. The molecule has 0 bridgehead atoms. The molecule has 0 aliphatic heterocycles. The number of ether oxygens (including phenoxy) is 2. The zero-order chi connectivity index (χ0) is 20.6. The predicted molar refractivity (Wildman–Crippen MR) is 97.0 cm³/mol. The fraction of sp³-hybridized carbons (Fsp3) is 0.300. The summed E-state index contributed by atoms with van der Waals surface area (Å²) in [5, 5.41) is 3.97. The minimum Gasteiger partial charge on any atom is -0.482 e. The van der Waals surface area contributed by atoms with E-state index < -0.39 is 17.7 Å². The number of oxime groups is 1. The first-order valence-corrected chi connectivity index (χ1v) is 8.51. The highest BCUT2D eigenvalue weighted by molar-refractivity contribution is 5.98. The van der Waals surface area contributed by atoms with Crippen LogP contribution in [0.25, 0.3) is 0 Å². The SMILES string of the molecule is CCOC(=O)COc1ccc(C(C)=NOCc2ccc(C(F)(F)F)cc2)cc1. The van der Waals surface area contributed by atoms with E-state index in [2.05, 4.69) is 5.16 Å². The first kappa shape index (κ1) is 21.3. The zero-order valence-corrected chi connectivity index (χ0v) is 15.5. The van der Waals surface area contributed by atoms with Crippen LogP contribution in [0.15, 0.2) is 53.7 Å². The van der Waals surface area contributed by atoms with Crippen LogP contribution in [0.2, 0.25) is 0 Å². The Bertz CT molecular complexity index is 800. The Kier molecular flexibility index (Phi) is 7.43. The molecule has 150 valence electrons. The number of benzene rings is 2. The lowest BCUT2D eigenvalue weighted by atomic mass is 10.1. The normalized spacial score (nSPS) is 11.8. The molecule has 0 fully saturated rings. The molecule has 0 spiro atoms. The third kappa shape index (κ3) is 6.61. The summed E-state index contributed by atoms with van der Waals surface area (Å²) in [6, 6.07) is 11.6. The maximum absolute atomic E-state index is 12.5. The van der Waals surface area contributed by atoms with Crippen molar-refractivity contribution in [2.75, 3.05) is 13.2 Å². The molecule has 0 saturated heterocycles. The summed E-state index contributed by atoms with van der Waals surface area (Å²) < 4.78 is 47.7. The summed E-state index contributed by atoms with van der Waals surface area (Å²) in [4.78, 5) is 16.5. The van der Waals surface area contributed by atoms with Gasteiger partial charge in [0.05, 0.1) is 17.9 Å². The van der Waals surface area contributed by atoms with E-state index >= 15 is 0 Å². The predicted octanol–water partition coefficient (Wildman–Crippen LogP) is 4.59. The average molecular weight is 395 g/mol. The standard InChI is InChI=1S/C20H20F3NO4/c1-3-26-19(25)13-27-18-10-6-16(7-11-18)14(2)24-28-12-15-4-8-17(9-5-15)20(21,22)23/h4-11H,3,12-13H2,1-2H3. The Morgan fingerprint density at radius 3 is 2.25 bits per heavy atom. The molecule has 2 rings (SSSR count). The van der Waals surface area contributed by atoms with Gasteiger partial charge in [-0.15, -0.1) is 0 Å². The topological polar surface area (TPSA) is 57.1 Å². The van der Waals surface area contributed by atoms with Crippen LogP contribution in [-0.4, -0.2) is 24.9 Å². The molecular formula is C20H20F3NO4. The first-order chi connectivity index (χ1) is 13.3. The highest BCUT2D eigenvalue weighted by atomic mass is 19.4. The van der Waals surface area contributed by atoms with Crippen molar-refractivity contribution in [2.24, 2.45) is 5.16 Å². The number of esters is 1. The van der Waals surface area contributed by atoms with Gasteiger partial charge in [-0.3, -0.25) is 0 Å². The molecule has 0 aliphatic carbocycles. The van der Waals surface area contributed by atoms with E-state index in [1.807, 2.05) is 0 Å². The molecule has 0 atom stereocenters. The van der Waals surface area contributed by atoms with Gasteiger partial charge in [-0.25, -0.2) is 4.79 Å². The number of carbonyl (C=O) groups is 1. The molecular weight excluding hydrogens is 375 g/mol. The lowest BCUT2D eigenvalue weighted by Gasteiger charge is -2.08. The van der Waals surface area contributed by atoms with Crippen molar-refractivity contribution in [3.63, 3.8) is 0 Å². The molecule has 0 aromatic heterocycles. The van der Waals surface area contributed by atoms with Crippen molar-refractivity contribution < 1.29 is 32.3 Å². The quantitative estimate of drug-likeness (QED) is 0.373. The number of nitrogens with zero attached hydrogens (tertiary/aromatic N) is 1. The number of carbonyl (C=O) groups excluding carboxylic acids is 1. The molecule has 5 nitrogen and oxygen atoms in total. The van der Waals surface area contributed by atoms with E-state index in [4.69, 9.17) is 14.3 Å². The second kappa shape index (κ2) is 9.77. The number of hydrogen-bond acceptors (Lipinski definition) is 5. The molecule has 0 radical (unpaired) electrons. The van der Waals surface area contributed by atoms with Gasteiger partial charge in [-0.05, 0) is 61.4 Å². The van der Waals surface area contributed by atoms with E-state index in [0.717, 1.165) is 17.7 Å². The third-order valence-electron chi connectivity index (χ3n) is 3.65. The van der Waals surface area contributed by atoms with Gasteiger partial charge in [0.15, 0.2) is 6.61 Å². The lowest BCUT2D eigenvalue weighted by molar-refractivity contribution is -0.145. The van der Waals surface area contributed by atoms with Crippen LogP contribution < -0.4 is 4.74 Å². The van der Waals surface area contributed by atoms with Gasteiger partial charge in [-0.2, -0.15) is 13.2 Å². The number of alkyl halides is 3. The molecule has 28 heavy (non-hydrogen) atoms. The van der Waals surface area contributed by atoms with E-state index in [1.165, 1.54) is 12.1 Å². The van der Waals surface area contributed by atoms with Crippen LogP contribution in [0.1, 0.15) is 30.5 Å². The Labute approximate surface area is 160 Å². The van der Waals surface area contributed by atoms with Gasteiger partial charge >= 0.3 is 12.1 Å². The third-order valence-corrected chi connectivity index (χ3v) is 3.65. The van der Waals surface area contributed by atoms with Gasteiger partial charge in [0.2, 0.25) is 0 Å². The average Bonchev–Trinajstić information content (AvgIpc) is 2.66. The zero-order valence-electron chi connectivity index (χ0n) is 15.5. The fourth-order valence-electron chi connectivity index (χ4n) is 2.18. The minimum absolute atomic E-state index is 0.0518. The van der Waals surface area contributed by atoms with Crippen molar-refractivity contribution in [1.29, 1.82) is 0 Å². The summed E-state index contributed by atoms with van der Waals surface area (Å²) in [5.41, 5.74) is 1.23. The van der Waals surface area contributed by atoms with Crippen LogP contribution in [-0.2, 0) is 27.2 Å². The Morgan fingerprint density at radius 2 is 1.68 bits per heavy atom. The maximum atomic E-state index is 12.5. The highest BCUT2D eigenvalue weighted by Gasteiger charge is 2.29. The molecule has 0 unspecified atom stereocenters.